The Bertz CT molecular complexity index is 197. The summed E-state index contributed by atoms with van der Waals surface area (Å²) in [4.78, 5) is 15.5. The maximum absolute atomic E-state index is 11.6. The molecule has 1 heterocycles. The van der Waals surface area contributed by atoms with E-state index >= 15 is 0 Å². The second kappa shape index (κ2) is 3.20. The average molecular weight is 182 g/mol. The van der Waals surface area contributed by atoms with Crippen molar-refractivity contribution < 1.29 is 4.79 Å². The first-order valence-corrected chi connectivity index (χ1v) is 5.21. The first-order chi connectivity index (χ1) is 6.22. The van der Waals surface area contributed by atoms with Crippen LogP contribution in [0.2, 0.25) is 0 Å². The minimum Gasteiger partial charge on any atom is -0.323 e. The van der Waals surface area contributed by atoms with Crippen LogP contribution >= 0.6 is 0 Å². The average Bonchev–Trinajstić information content (AvgIpc) is 2.40. The molecule has 0 aromatic carbocycles. The molecule has 2 unspecified atom stereocenters. The minimum atomic E-state index is 0.205. The van der Waals surface area contributed by atoms with Crippen molar-refractivity contribution in [3.63, 3.8) is 0 Å². The van der Waals surface area contributed by atoms with Crippen LogP contribution in [0.15, 0.2) is 0 Å². The van der Waals surface area contributed by atoms with Gasteiger partial charge in [-0.2, -0.15) is 0 Å². The summed E-state index contributed by atoms with van der Waals surface area (Å²) in [5.74, 6) is 0. The van der Waals surface area contributed by atoms with Crippen LogP contribution in [0.3, 0.4) is 0 Å². The molecule has 0 N–H and O–H groups in total. The van der Waals surface area contributed by atoms with E-state index in [1.807, 2.05) is 23.9 Å². The summed E-state index contributed by atoms with van der Waals surface area (Å²) in [7, 11) is 3.88. The summed E-state index contributed by atoms with van der Waals surface area (Å²) in [5, 5.41) is 0. The first-order valence-electron chi connectivity index (χ1n) is 5.21. The lowest BCUT2D eigenvalue weighted by molar-refractivity contribution is 0.198. The molecule has 3 heteroatoms. The highest BCUT2D eigenvalue weighted by atomic mass is 16.2. The zero-order chi connectivity index (χ0) is 9.42. The first kappa shape index (κ1) is 8.85. The molecule has 0 bridgehead atoms. The Morgan fingerprint density at radius 2 is 1.46 bits per heavy atom. The van der Waals surface area contributed by atoms with E-state index in [-0.39, 0.29) is 6.03 Å². The third kappa shape index (κ3) is 1.30. The summed E-state index contributed by atoms with van der Waals surface area (Å²) in [6.45, 7) is 0. The Morgan fingerprint density at radius 1 is 1.00 bits per heavy atom. The number of urea groups is 1. The zero-order valence-corrected chi connectivity index (χ0v) is 8.49. The van der Waals surface area contributed by atoms with Crippen molar-refractivity contribution in [2.45, 2.75) is 44.2 Å². The highest BCUT2D eigenvalue weighted by Crippen LogP contribution is 2.30. The van der Waals surface area contributed by atoms with Gasteiger partial charge in [0.25, 0.3) is 0 Å². The summed E-state index contributed by atoms with van der Waals surface area (Å²) in [6, 6.07) is 1.18. The van der Waals surface area contributed by atoms with Crippen LogP contribution in [0.5, 0.6) is 0 Å². The second-order valence-corrected chi connectivity index (χ2v) is 4.28. The van der Waals surface area contributed by atoms with Gasteiger partial charge in [-0.05, 0) is 12.8 Å². The second-order valence-electron chi connectivity index (χ2n) is 4.28. The molecule has 1 saturated carbocycles. The molecule has 2 rings (SSSR count). The van der Waals surface area contributed by atoms with Gasteiger partial charge in [-0.3, -0.25) is 0 Å². The number of likely N-dealkylation sites (N-methyl/N-ethyl adjacent to an activating group) is 2. The van der Waals surface area contributed by atoms with Gasteiger partial charge in [0.05, 0.1) is 12.1 Å². The van der Waals surface area contributed by atoms with Gasteiger partial charge in [-0.1, -0.05) is 19.3 Å². The molecule has 2 amide bonds. The Labute approximate surface area is 79.7 Å². The van der Waals surface area contributed by atoms with E-state index in [0.717, 1.165) is 0 Å². The highest BCUT2D eigenvalue weighted by molar-refractivity contribution is 5.77. The molecule has 0 aromatic rings. The maximum atomic E-state index is 11.6. The van der Waals surface area contributed by atoms with E-state index in [0.29, 0.717) is 12.1 Å². The van der Waals surface area contributed by atoms with Crippen LogP contribution in [0.4, 0.5) is 4.79 Å². The highest BCUT2D eigenvalue weighted by Gasteiger charge is 2.41. The lowest BCUT2D eigenvalue weighted by Crippen LogP contribution is -2.33. The molecule has 0 spiro atoms. The van der Waals surface area contributed by atoms with Crippen molar-refractivity contribution in [2.24, 2.45) is 0 Å². The summed E-state index contributed by atoms with van der Waals surface area (Å²) in [6.07, 6.45) is 6.29. The van der Waals surface area contributed by atoms with Gasteiger partial charge in [0.1, 0.15) is 0 Å². The van der Waals surface area contributed by atoms with Gasteiger partial charge in [-0.15, -0.1) is 0 Å². The van der Waals surface area contributed by atoms with Crippen molar-refractivity contribution in [1.29, 1.82) is 0 Å². The Balaban J connectivity index is 2.17. The quantitative estimate of drug-likeness (QED) is 0.559. The van der Waals surface area contributed by atoms with Crippen LogP contribution in [-0.4, -0.2) is 42.0 Å². The van der Waals surface area contributed by atoms with E-state index in [1.54, 1.807) is 0 Å². The summed E-state index contributed by atoms with van der Waals surface area (Å²) >= 11 is 0. The lowest BCUT2D eigenvalue weighted by atomic mass is 10.0. The molecule has 13 heavy (non-hydrogen) atoms. The van der Waals surface area contributed by atoms with Crippen molar-refractivity contribution >= 4 is 6.03 Å². The van der Waals surface area contributed by atoms with Gasteiger partial charge >= 0.3 is 6.03 Å². The number of hydrogen-bond acceptors (Lipinski definition) is 1. The summed E-state index contributed by atoms with van der Waals surface area (Å²) < 4.78 is 0. The predicted octanol–water partition coefficient (Wildman–Crippen LogP) is 1.68. The van der Waals surface area contributed by atoms with Gasteiger partial charge in [0.2, 0.25) is 0 Å². The molecule has 74 valence electrons. The molecule has 1 aliphatic carbocycles. The zero-order valence-electron chi connectivity index (χ0n) is 8.49. The van der Waals surface area contributed by atoms with E-state index in [9.17, 15) is 4.79 Å². The number of fused-ring (bicyclic) bond motifs is 1. The SMILES string of the molecule is CN1C(=O)N(C)C2CCCCCC21. The monoisotopic (exact) mass is 182 g/mol. The molecule has 1 saturated heterocycles. The smallest absolute Gasteiger partial charge is 0.320 e. The molecule has 2 aliphatic rings. The Kier molecular flexibility index (Phi) is 2.18. The summed E-state index contributed by atoms with van der Waals surface area (Å²) in [5.41, 5.74) is 0. The number of hydrogen-bond donors (Lipinski definition) is 0. The molecule has 2 fully saturated rings. The fourth-order valence-corrected chi connectivity index (χ4v) is 2.70. The predicted molar refractivity (Wildman–Crippen MR) is 51.6 cm³/mol. The van der Waals surface area contributed by atoms with E-state index in [2.05, 4.69) is 0 Å². The molecule has 2 atom stereocenters. The van der Waals surface area contributed by atoms with Crippen LogP contribution in [0, 0.1) is 0 Å². The van der Waals surface area contributed by atoms with Crippen LogP contribution < -0.4 is 0 Å². The van der Waals surface area contributed by atoms with Gasteiger partial charge in [0.15, 0.2) is 0 Å². The molecule has 0 radical (unpaired) electrons. The van der Waals surface area contributed by atoms with Crippen molar-refractivity contribution in [1.82, 2.24) is 9.80 Å². The van der Waals surface area contributed by atoms with Crippen molar-refractivity contribution in [2.75, 3.05) is 14.1 Å². The number of carbonyl (C=O) groups is 1. The lowest BCUT2D eigenvalue weighted by Gasteiger charge is -2.22. The number of rotatable bonds is 0. The topological polar surface area (TPSA) is 23.6 Å². The van der Waals surface area contributed by atoms with E-state index in [1.165, 1.54) is 32.1 Å². The van der Waals surface area contributed by atoms with E-state index < -0.39 is 0 Å². The molecule has 1 aliphatic heterocycles. The fraction of sp³-hybridized carbons (Fsp3) is 0.900. The van der Waals surface area contributed by atoms with Gasteiger partial charge in [-0.25, -0.2) is 4.79 Å². The Morgan fingerprint density at radius 3 is 1.92 bits per heavy atom. The fourth-order valence-electron chi connectivity index (χ4n) is 2.70. The maximum Gasteiger partial charge on any atom is 0.320 e. The third-order valence-corrected chi connectivity index (χ3v) is 3.54. The molecule has 3 nitrogen and oxygen atoms in total. The van der Waals surface area contributed by atoms with E-state index in [4.69, 9.17) is 0 Å². The largest absolute Gasteiger partial charge is 0.323 e. The Hall–Kier alpha value is -0.730. The van der Waals surface area contributed by atoms with Crippen LogP contribution in [0.1, 0.15) is 32.1 Å². The minimum absolute atomic E-state index is 0.205. The normalized spacial score (nSPS) is 34.8. The van der Waals surface area contributed by atoms with Crippen LogP contribution in [0.25, 0.3) is 0 Å². The van der Waals surface area contributed by atoms with Gasteiger partial charge in [0, 0.05) is 14.1 Å². The number of carbonyl (C=O) groups excluding carboxylic acids is 1. The molecular weight excluding hydrogens is 164 g/mol. The molecule has 0 aromatic heterocycles. The standard InChI is InChI=1S/C10H18N2O/c1-11-8-6-4-3-5-7-9(8)12(2)10(11)13/h8-9H,3-7H2,1-2H3. The molecular formula is C10H18N2O. The van der Waals surface area contributed by atoms with Crippen LogP contribution in [-0.2, 0) is 0 Å². The van der Waals surface area contributed by atoms with Crippen molar-refractivity contribution in [3.05, 3.63) is 0 Å². The van der Waals surface area contributed by atoms with Crippen molar-refractivity contribution in [3.8, 4) is 0 Å². The third-order valence-electron chi connectivity index (χ3n) is 3.54. The number of amides is 2. The number of nitrogens with zero attached hydrogens (tertiary/aromatic N) is 2. The van der Waals surface area contributed by atoms with Gasteiger partial charge < -0.3 is 9.80 Å².